The highest BCUT2D eigenvalue weighted by Gasteiger charge is 2.67. The quantitative estimate of drug-likeness (QED) is 0.434. The van der Waals surface area contributed by atoms with Crippen LogP contribution in [0, 0.1) is 42.4 Å². The lowest BCUT2D eigenvalue weighted by Crippen LogP contribution is -2.40. The second kappa shape index (κ2) is 5.92. The lowest BCUT2D eigenvalue weighted by molar-refractivity contribution is -0.140. The molecule has 1 aromatic carbocycles. The number of hydrogen-bond acceptors (Lipinski definition) is 4. The number of carbonyl (C=O) groups is 2. The van der Waals surface area contributed by atoms with E-state index in [0.29, 0.717) is 28.4 Å². The van der Waals surface area contributed by atoms with Crippen LogP contribution >= 0.6 is 11.6 Å². The van der Waals surface area contributed by atoms with Gasteiger partial charge >= 0.3 is 0 Å². The highest BCUT2D eigenvalue weighted by atomic mass is 35.5. The average Bonchev–Trinajstić information content (AvgIpc) is 3.36. The lowest BCUT2D eigenvalue weighted by Gasteiger charge is -2.37. The van der Waals surface area contributed by atoms with Gasteiger partial charge in [0.1, 0.15) is 11.5 Å². The van der Waals surface area contributed by atoms with Crippen LogP contribution in [0.25, 0.3) is 11.3 Å². The highest BCUT2D eigenvalue weighted by molar-refractivity contribution is 6.30. The Morgan fingerprint density at radius 3 is 2.45 bits per heavy atom. The summed E-state index contributed by atoms with van der Waals surface area (Å²) in [5, 5.41) is 5.93. The fourth-order valence-electron chi connectivity index (χ4n) is 5.60. The number of hydrogen-bond donors (Lipinski definition) is 0. The fourth-order valence-corrected chi connectivity index (χ4v) is 5.77. The largest absolute Gasteiger partial charge is 0.455 e. The summed E-state index contributed by atoms with van der Waals surface area (Å²) in [5.41, 5.74) is 1.95. The number of hydrazone groups is 1. The lowest BCUT2D eigenvalue weighted by atomic mass is 9.63. The van der Waals surface area contributed by atoms with Crippen molar-refractivity contribution in [1.29, 1.82) is 0 Å². The van der Waals surface area contributed by atoms with Crippen molar-refractivity contribution in [3.05, 3.63) is 58.8 Å². The molecule has 2 aromatic rings. The van der Waals surface area contributed by atoms with Crippen LogP contribution in [0.5, 0.6) is 0 Å². The molecule has 0 radical (unpaired) electrons. The van der Waals surface area contributed by atoms with Crippen LogP contribution in [0.1, 0.15) is 17.7 Å². The molecule has 7 rings (SSSR count). The van der Waals surface area contributed by atoms with E-state index >= 15 is 0 Å². The van der Waals surface area contributed by atoms with Gasteiger partial charge in [-0.1, -0.05) is 29.8 Å². The number of aryl methyl sites for hydroxylation is 1. The van der Waals surface area contributed by atoms with E-state index in [4.69, 9.17) is 16.0 Å². The Hall–Kier alpha value is -2.66. The van der Waals surface area contributed by atoms with Gasteiger partial charge in [-0.2, -0.15) is 10.1 Å². The number of carbonyl (C=O) groups excluding carboxylic acids is 2. The topological polar surface area (TPSA) is 62.9 Å². The molecule has 2 bridgehead atoms. The summed E-state index contributed by atoms with van der Waals surface area (Å²) in [7, 11) is 0. The fraction of sp³-hybridized carbons (Fsp3) is 0.348. The van der Waals surface area contributed by atoms with Crippen LogP contribution in [0.3, 0.4) is 0 Å². The summed E-state index contributed by atoms with van der Waals surface area (Å²) in [6.07, 6.45) is 6.92. The van der Waals surface area contributed by atoms with Crippen molar-refractivity contribution in [2.45, 2.75) is 13.3 Å². The molecule has 5 aliphatic rings. The van der Waals surface area contributed by atoms with Gasteiger partial charge in [-0.3, -0.25) is 9.59 Å². The molecule has 0 N–H and O–H groups in total. The van der Waals surface area contributed by atoms with Crippen molar-refractivity contribution in [1.82, 2.24) is 5.01 Å². The molecule has 0 spiro atoms. The first-order valence-electron chi connectivity index (χ1n) is 9.99. The molecular weight excluding hydrogens is 388 g/mol. The Balaban J connectivity index is 1.26. The van der Waals surface area contributed by atoms with E-state index in [9.17, 15) is 9.59 Å². The van der Waals surface area contributed by atoms with Crippen LogP contribution in [0.15, 0.2) is 52.0 Å². The molecule has 5 nitrogen and oxygen atoms in total. The van der Waals surface area contributed by atoms with E-state index in [-0.39, 0.29) is 35.5 Å². The van der Waals surface area contributed by atoms with E-state index in [0.717, 1.165) is 22.6 Å². The summed E-state index contributed by atoms with van der Waals surface area (Å²) < 4.78 is 5.86. The van der Waals surface area contributed by atoms with Crippen LogP contribution in [0.2, 0.25) is 5.02 Å². The third-order valence-electron chi connectivity index (χ3n) is 7.03. The van der Waals surface area contributed by atoms with E-state index in [1.54, 1.807) is 6.07 Å². The average molecular weight is 407 g/mol. The molecule has 1 aliphatic heterocycles. The van der Waals surface area contributed by atoms with Crippen molar-refractivity contribution in [3.63, 3.8) is 0 Å². The number of nitrogens with zero attached hydrogens (tertiary/aromatic N) is 2. The van der Waals surface area contributed by atoms with Crippen molar-refractivity contribution < 1.29 is 14.0 Å². The Bertz CT molecular complexity index is 1080. The third-order valence-corrected chi connectivity index (χ3v) is 7.27. The first-order chi connectivity index (χ1) is 14.0. The smallest absolute Gasteiger partial charge is 0.254 e. The Morgan fingerprint density at radius 1 is 1.07 bits per heavy atom. The second-order valence-electron chi connectivity index (χ2n) is 8.55. The number of halogens is 1. The number of imide groups is 1. The predicted molar refractivity (Wildman–Crippen MR) is 108 cm³/mol. The SMILES string of the molecule is Cc1ccc(Cl)cc1-c1ccc(C=NN2C(=O)[C@@H]3[C@H]4C=C[C@@H]([C@@H]5C[C@@H]45)[C@H]3C2=O)o1. The predicted octanol–water partition coefficient (Wildman–Crippen LogP) is 4.30. The molecule has 4 aliphatic carbocycles. The summed E-state index contributed by atoms with van der Waals surface area (Å²) >= 11 is 6.10. The zero-order chi connectivity index (χ0) is 19.9. The van der Waals surface area contributed by atoms with E-state index in [1.807, 2.05) is 31.2 Å². The maximum atomic E-state index is 12.9. The van der Waals surface area contributed by atoms with Gasteiger partial charge < -0.3 is 4.42 Å². The first-order valence-corrected chi connectivity index (χ1v) is 10.4. The van der Waals surface area contributed by atoms with E-state index in [2.05, 4.69) is 17.3 Å². The van der Waals surface area contributed by atoms with Crippen molar-refractivity contribution >= 4 is 29.6 Å². The zero-order valence-corrected chi connectivity index (χ0v) is 16.5. The molecule has 29 heavy (non-hydrogen) atoms. The van der Waals surface area contributed by atoms with Crippen molar-refractivity contribution in [3.8, 4) is 11.3 Å². The normalized spacial score (nSPS) is 34.2. The molecule has 1 saturated heterocycles. The number of amides is 2. The van der Waals surface area contributed by atoms with Gasteiger partial charge in [0.2, 0.25) is 0 Å². The van der Waals surface area contributed by atoms with Crippen molar-refractivity contribution in [2.75, 3.05) is 0 Å². The zero-order valence-electron chi connectivity index (χ0n) is 15.8. The molecule has 2 saturated carbocycles. The van der Waals surface area contributed by atoms with E-state index in [1.165, 1.54) is 6.21 Å². The summed E-state index contributed by atoms with van der Waals surface area (Å²) in [4.78, 5) is 25.9. The first kappa shape index (κ1) is 17.2. The molecule has 3 fully saturated rings. The minimum absolute atomic E-state index is 0.168. The highest BCUT2D eigenvalue weighted by Crippen LogP contribution is 2.65. The van der Waals surface area contributed by atoms with Crippen LogP contribution in [0.4, 0.5) is 0 Å². The van der Waals surface area contributed by atoms with Crippen LogP contribution < -0.4 is 0 Å². The molecule has 146 valence electrons. The minimum atomic E-state index is -0.236. The maximum absolute atomic E-state index is 12.9. The van der Waals surface area contributed by atoms with Gasteiger partial charge in [0.25, 0.3) is 11.8 Å². The van der Waals surface area contributed by atoms with E-state index < -0.39 is 0 Å². The van der Waals surface area contributed by atoms with Crippen LogP contribution in [-0.2, 0) is 9.59 Å². The second-order valence-corrected chi connectivity index (χ2v) is 8.99. The van der Waals surface area contributed by atoms with Gasteiger partial charge in [-0.15, -0.1) is 0 Å². The molecule has 6 atom stereocenters. The maximum Gasteiger partial charge on any atom is 0.254 e. The summed E-state index contributed by atoms with van der Waals surface area (Å²) in [5.74, 6) is 1.91. The van der Waals surface area contributed by atoms with Gasteiger partial charge in [0.05, 0.1) is 18.1 Å². The molecule has 0 unspecified atom stereocenters. The molecule has 6 heteroatoms. The molecule has 1 aromatic heterocycles. The minimum Gasteiger partial charge on any atom is -0.455 e. The molecule has 2 amide bonds. The molecular formula is C23H19ClN2O3. The number of allylic oxidation sites excluding steroid dienone is 2. The van der Waals surface area contributed by atoms with Gasteiger partial charge in [-0.05, 0) is 66.8 Å². The van der Waals surface area contributed by atoms with Crippen LogP contribution in [-0.4, -0.2) is 23.0 Å². The third kappa shape index (κ3) is 2.43. The number of furan rings is 1. The van der Waals surface area contributed by atoms with Crippen molar-refractivity contribution in [2.24, 2.45) is 40.6 Å². The molecule has 2 heterocycles. The standard InChI is InChI=1S/C23H19ClN2O3/c1-11-2-3-12(24)8-16(11)19-7-4-13(29-19)10-25-26-22(27)20-14-5-6-15(18-9-17(14)18)21(20)23(26)28/h2-8,10,14-15,17-18,20-21H,9H2,1H3/t14-,15-,17-,18-,20+,21+/m0/s1. The van der Waals surface area contributed by atoms with Gasteiger partial charge in [0, 0.05) is 10.6 Å². The summed E-state index contributed by atoms with van der Waals surface area (Å²) in [6, 6.07) is 9.23. The van der Waals surface area contributed by atoms with Gasteiger partial charge in [-0.25, -0.2) is 0 Å². The number of benzene rings is 1. The van der Waals surface area contributed by atoms with Gasteiger partial charge in [0.15, 0.2) is 0 Å². The Morgan fingerprint density at radius 2 is 1.76 bits per heavy atom. The summed E-state index contributed by atoms with van der Waals surface area (Å²) in [6.45, 7) is 1.98. The Labute approximate surface area is 173 Å². The Kier molecular flexibility index (Phi) is 3.52. The number of rotatable bonds is 3. The monoisotopic (exact) mass is 406 g/mol.